The lowest BCUT2D eigenvalue weighted by atomic mass is 10.4. The highest BCUT2D eigenvalue weighted by Crippen LogP contribution is 2.05. The van der Waals surface area contributed by atoms with E-state index < -0.39 is 0 Å². The van der Waals surface area contributed by atoms with Crippen LogP contribution in [0.1, 0.15) is 19.1 Å². The maximum Gasteiger partial charge on any atom is 0.219 e. The first-order chi connectivity index (χ1) is 9.16. The molecule has 19 heavy (non-hydrogen) atoms. The van der Waals surface area contributed by atoms with Gasteiger partial charge in [-0.25, -0.2) is 0 Å². The molecule has 0 aromatic carbocycles. The van der Waals surface area contributed by atoms with E-state index in [0.29, 0.717) is 6.54 Å². The predicted molar refractivity (Wildman–Crippen MR) is 76.6 cm³/mol. The molecule has 1 aromatic heterocycles. The van der Waals surface area contributed by atoms with E-state index in [9.17, 15) is 4.79 Å². The summed E-state index contributed by atoms with van der Waals surface area (Å²) in [5.74, 6) is 0.999. The van der Waals surface area contributed by atoms with Gasteiger partial charge in [0.2, 0.25) is 5.91 Å². The summed E-state index contributed by atoms with van der Waals surface area (Å²) in [5, 5.41) is 3.91. The Bertz CT molecular complexity index is 433. The van der Waals surface area contributed by atoms with Gasteiger partial charge >= 0.3 is 0 Å². The molecule has 1 N–H and O–H groups in total. The van der Waals surface area contributed by atoms with Gasteiger partial charge in [-0.15, -0.1) is 0 Å². The lowest BCUT2D eigenvalue weighted by Gasteiger charge is -2.24. The largest absolute Gasteiger partial charge is 0.467 e. The van der Waals surface area contributed by atoms with E-state index in [1.54, 1.807) is 13.2 Å². The fourth-order valence-corrected chi connectivity index (χ4v) is 2.38. The van der Waals surface area contributed by atoms with Gasteiger partial charge in [0.1, 0.15) is 5.76 Å². The van der Waals surface area contributed by atoms with Crippen molar-refractivity contribution in [3.8, 4) is 0 Å². The summed E-state index contributed by atoms with van der Waals surface area (Å²) >= 11 is 5.38. The van der Waals surface area contributed by atoms with Crippen LogP contribution in [0.3, 0.4) is 0 Å². The number of hydrogen-bond donors (Lipinski definition) is 1. The molecular weight excluding hydrogens is 262 g/mol. The van der Waals surface area contributed by atoms with Crippen LogP contribution in [0.25, 0.3) is 0 Å². The van der Waals surface area contributed by atoms with Gasteiger partial charge in [-0.1, -0.05) is 0 Å². The highest BCUT2D eigenvalue weighted by Gasteiger charge is 2.18. The molecule has 1 aliphatic rings. The summed E-state index contributed by atoms with van der Waals surface area (Å²) in [6.07, 6.45) is 2.60. The van der Waals surface area contributed by atoms with Gasteiger partial charge in [0.05, 0.1) is 12.8 Å². The third-order valence-electron chi connectivity index (χ3n) is 3.22. The van der Waals surface area contributed by atoms with Crippen molar-refractivity contribution in [3.63, 3.8) is 0 Å². The number of hydrogen-bond acceptors (Lipinski definition) is 3. The van der Waals surface area contributed by atoms with Crippen LogP contribution in [0, 0.1) is 0 Å². The molecule has 5 nitrogen and oxygen atoms in total. The van der Waals surface area contributed by atoms with Crippen LogP contribution in [0.4, 0.5) is 0 Å². The summed E-state index contributed by atoms with van der Waals surface area (Å²) in [4.78, 5) is 15.3. The summed E-state index contributed by atoms with van der Waals surface area (Å²) in [6.45, 7) is 5.42. The summed E-state index contributed by atoms with van der Waals surface area (Å²) in [6, 6.07) is 3.77. The summed E-state index contributed by atoms with van der Waals surface area (Å²) in [5.41, 5.74) is 0. The number of thiocarbonyl (C=S) groups is 1. The molecule has 0 spiro atoms. The molecule has 1 amide bonds. The topological polar surface area (TPSA) is 48.7 Å². The fourth-order valence-electron chi connectivity index (χ4n) is 2.12. The van der Waals surface area contributed by atoms with Crippen LogP contribution >= 0.6 is 12.2 Å². The van der Waals surface area contributed by atoms with Crippen molar-refractivity contribution in [2.45, 2.75) is 19.9 Å². The first kappa shape index (κ1) is 13.9. The van der Waals surface area contributed by atoms with Crippen molar-refractivity contribution in [2.75, 3.05) is 26.2 Å². The highest BCUT2D eigenvalue weighted by atomic mass is 32.1. The molecule has 1 aliphatic heterocycles. The zero-order chi connectivity index (χ0) is 13.7. The number of nitrogens with zero attached hydrogens (tertiary/aromatic N) is 2. The number of furan rings is 1. The minimum absolute atomic E-state index is 0.135. The lowest BCUT2D eigenvalue weighted by molar-refractivity contribution is -0.128. The van der Waals surface area contributed by atoms with E-state index in [1.165, 1.54) is 0 Å². The number of rotatable bonds is 2. The fraction of sp³-hybridized carbons (Fsp3) is 0.538. The molecule has 1 aromatic rings. The van der Waals surface area contributed by atoms with Gasteiger partial charge in [0, 0.05) is 33.1 Å². The lowest BCUT2D eigenvalue weighted by Crippen LogP contribution is -2.41. The molecule has 104 valence electrons. The van der Waals surface area contributed by atoms with Crippen LogP contribution in [-0.4, -0.2) is 47.0 Å². The van der Waals surface area contributed by atoms with Gasteiger partial charge in [0.15, 0.2) is 5.11 Å². The summed E-state index contributed by atoms with van der Waals surface area (Å²) < 4.78 is 5.25. The Balaban J connectivity index is 1.81. The Kier molecular flexibility index (Phi) is 4.79. The second-order valence-electron chi connectivity index (χ2n) is 4.58. The molecular formula is C13H19N3O2S. The van der Waals surface area contributed by atoms with E-state index in [0.717, 1.165) is 43.5 Å². The van der Waals surface area contributed by atoms with Crippen molar-refractivity contribution < 1.29 is 9.21 Å². The van der Waals surface area contributed by atoms with Crippen molar-refractivity contribution in [3.05, 3.63) is 24.2 Å². The minimum Gasteiger partial charge on any atom is -0.467 e. The smallest absolute Gasteiger partial charge is 0.219 e. The van der Waals surface area contributed by atoms with E-state index in [-0.39, 0.29) is 5.91 Å². The van der Waals surface area contributed by atoms with Crippen LogP contribution in [0.15, 0.2) is 22.8 Å². The number of carbonyl (C=O) groups is 1. The standard InChI is InChI=1S/C13H19N3O2S/c1-11(17)15-5-3-6-16(8-7-15)13(19)14-10-12-4-2-9-18-12/h2,4,9H,3,5-8,10H2,1H3,(H,14,19). The Morgan fingerprint density at radius 1 is 1.37 bits per heavy atom. The molecule has 1 fully saturated rings. The van der Waals surface area contributed by atoms with Gasteiger partial charge in [-0.2, -0.15) is 0 Å². The maximum absolute atomic E-state index is 11.4. The van der Waals surface area contributed by atoms with Gasteiger partial charge in [0.25, 0.3) is 0 Å². The zero-order valence-corrected chi connectivity index (χ0v) is 11.9. The molecule has 0 radical (unpaired) electrons. The monoisotopic (exact) mass is 281 g/mol. The van der Waals surface area contributed by atoms with Crippen LogP contribution in [0.5, 0.6) is 0 Å². The predicted octanol–water partition coefficient (Wildman–Crippen LogP) is 1.21. The third kappa shape index (κ3) is 3.96. The maximum atomic E-state index is 11.4. The zero-order valence-electron chi connectivity index (χ0n) is 11.1. The van der Waals surface area contributed by atoms with Gasteiger partial charge in [-0.05, 0) is 30.8 Å². The number of carbonyl (C=O) groups excluding carboxylic acids is 1. The van der Waals surface area contributed by atoms with Gasteiger partial charge < -0.3 is 19.5 Å². The van der Waals surface area contributed by atoms with Crippen LogP contribution in [-0.2, 0) is 11.3 Å². The molecule has 0 aliphatic carbocycles. The van der Waals surface area contributed by atoms with Crippen molar-refractivity contribution in [2.24, 2.45) is 0 Å². The van der Waals surface area contributed by atoms with E-state index >= 15 is 0 Å². The molecule has 6 heteroatoms. The molecule has 0 atom stereocenters. The van der Waals surface area contributed by atoms with E-state index in [2.05, 4.69) is 10.2 Å². The normalized spacial score (nSPS) is 16.1. The Morgan fingerprint density at radius 3 is 2.79 bits per heavy atom. The van der Waals surface area contributed by atoms with Crippen molar-refractivity contribution in [1.82, 2.24) is 15.1 Å². The molecule has 0 unspecified atom stereocenters. The van der Waals surface area contributed by atoms with E-state index in [1.807, 2.05) is 17.0 Å². The van der Waals surface area contributed by atoms with Gasteiger partial charge in [-0.3, -0.25) is 4.79 Å². The van der Waals surface area contributed by atoms with Crippen molar-refractivity contribution in [1.29, 1.82) is 0 Å². The second kappa shape index (κ2) is 6.56. The number of amides is 1. The van der Waals surface area contributed by atoms with E-state index in [4.69, 9.17) is 16.6 Å². The molecule has 0 bridgehead atoms. The SMILES string of the molecule is CC(=O)N1CCCN(C(=S)NCc2ccco2)CC1. The number of nitrogens with one attached hydrogen (secondary N) is 1. The van der Waals surface area contributed by atoms with Crippen LogP contribution < -0.4 is 5.32 Å². The Labute approximate surface area is 118 Å². The summed E-state index contributed by atoms with van der Waals surface area (Å²) in [7, 11) is 0. The quantitative estimate of drug-likeness (QED) is 0.826. The second-order valence-corrected chi connectivity index (χ2v) is 4.97. The first-order valence-electron chi connectivity index (χ1n) is 6.47. The first-order valence-corrected chi connectivity index (χ1v) is 6.88. The molecule has 2 rings (SSSR count). The Morgan fingerprint density at radius 2 is 2.11 bits per heavy atom. The Hall–Kier alpha value is -1.56. The molecule has 2 heterocycles. The van der Waals surface area contributed by atoms with Crippen molar-refractivity contribution >= 4 is 23.2 Å². The molecule has 1 saturated heterocycles. The third-order valence-corrected chi connectivity index (χ3v) is 3.62. The van der Waals surface area contributed by atoms with Crippen LogP contribution in [0.2, 0.25) is 0 Å². The average molecular weight is 281 g/mol. The highest BCUT2D eigenvalue weighted by molar-refractivity contribution is 7.80. The molecule has 0 saturated carbocycles. The minimum atomic E-state index is 0.135. The average Bonchev–Trinajstić information content (AvgIpc) is 2.77.